The molecule has 0 aliphatic carbocycles. The van der Waals surface area contributed by atoms with E-state index in [2.05, 4.69) is 36.0 Å². The molecule has 1 saturated heterocycles. The van der Waals surface area contributed by atoms with Crippen LogP contribution >= 0.6 is 0 Å². The predicted octanol–water partition coefficient (Wildman–Crippen LogP) is 1.62. The van der Waals surface area contributed by atoms with Crippen LogP contribution in [-0.4, -0.2) is 17.8 Å². The van der Waals surface area contributed by atoms with Crippen molar-refractivity contribution in [3.63, 3.8) is 0 Å². The third-order valence-corrected chi connectivity index (χ3v) is 2.43. The van der Waals surface area contributed by atoms with Gasteiger partial charge in [0.15, 0.2) is 0 Å². The lowest BCUT2D eigenvalue weighted by atomic mass is 10.0. The zero-order chi connectivity index (χ0) is 7.73. The summed E-state index contributed by atoms with van der Waals surface area (Å²) in [7, 11) is 0. The van der Waals surface area contributed by atoms with Gasteiger partial charge in [0.1, 0.15) is 0 Å². The van der Waals surface area contributed by atoms with E-state index in [4.69, 9.17) is 4.74 Å². The first kappa shape index (κ1) is 6.92. The molecule has 0 amide bonds. The maximum atomic E-state index is 5.36. The van der Waals surface area contributed by atoms with Crippen LogP contribution in [0, 0.1) is 0 Å². The Morgan fingerprint density at radius 3 is 2.64 bits per heavy atom. The van der Waals surface area contributed by atoms with Gasteiger partial charge in [0, 0.05) is 19.0 Å². The second kappa shape index (κ2) is 2.38. The normalized spacial score (nSPS) is 31.0. The summed E-state index contributed by atoms with van der Waals surface area (Å²) >= 11 is 0. The van der Waals surface area contributed by atoms with Crippen LogP contribution in [0.3, 0.4) is 0 Å². The maximum absolute atomic E-state index is 5.36. The summed E-state index contributed by atoms with van der Waals surface area (Å²) in [5.74, 6) is 0. The van der Waals surface area contributed by atoms with E-state index in [1.165, 1.54) is 0 Å². The van der Waals surface area contributed by atoms with Gasteiger partial charge in [0.25, 0.3) is 0 Å². The van der Waals surface area contributed by atoms with E-state index in [9.17, 15) is 0 Å². The van der Waals surface area contributed by atoms with E-state index in [0.717, 1.165) is 19.6 Å². The van der Waals surface area contributed by atoms with Crippen LogP contribution in [0.2, 0.25) is 0 Å². The van der Waals surface area contributed by atoms with Crippen LogP contribution in [0.25, 0.3) is 0 Å². The van der Waals surface area contributed by atoms with E-state index in [1.807, 2.05) is 0 Å². The lowest BCUT2D eigenvalue weighted by Gasteiger charge is -2.23. The largest absolute Gasteiger partial charge is 0.379 e. The van der Waals surface area contributed by atoms with E-state index in [1.54, 1.807) is 0 Å². The number of rotatable bonds is 1. The lowest BCUT2D eigenvalue weighted by Crippen LogP contribution is -2.28. The fourth-order valence-corrected chi connectivity index (χ4v) is 1.55. The van der Waals surface area contributed by atoms with Gasteiger partial charge in [0.05, 0.1) is 12.1 Å². The van der Waals surface area contributed by atoms with Crippen molar-refractivity contribution in [2.45, 2.75) is 18.9 Å². The van der Waals surface area contributed by atoms with Crippen LogP contribution in [0.4, 0.5) is 0 Å². The predicted molar refractivity (Wildman–Crippen MR) is 43.5 cm³/mol. The summed E-state index contributed by atoms with van der Waals surface area (Å²) < 4.78 is 7.60. The van der Waals surface area contributed by atoms with E-state index in [-0.39, 0.29) is 5.54 Å². The Labute approximate surface area is 66.8 Å². The maximum Gasteiger partial charge on any atom is 0.0700 e. The smallest absolute Gasteiger partial charge is 0.0700 e. The summed E-state index contributed by atoms with van der Waals surface area (Å²) in [5.41, 5.74) is 0.212. The number of nitrogens with zero attached hydrogens (tertiary/aromatic N) is 1. The second-order valence-corrected chi connectivity index (χ2v) is 3.39. The van der Waals surface area contributed by atoms with E-state index < -0.39 is 0 Å². The van der Waals surface area contributed by atoms with Crippen molar-refractivity contribution < 1.29 is 4.74 Å². The minimum atomic E-state index is 0.212. The number of aromatic nitrogens is 1. The van der Waals surface area contributed by atoms with Gasteiger partial charge >= 0.3 is 0 Å². The molecule has 1 aromatic rings. The summed E-state index contributed by atoms with van der Waals surface area (Å²) in [6.07, 6.45) is 5.34. The van der Waals surface area contributed by atoms with Crippen molar-refractivity contribution in [1.29, 1.82) is 0 Å². The topological polar surface area (TPSA) is 14.2 Å². The standard InChI is InChI=1S/C9H13NO/c1-9(4-7-11-8-9)10-5-2-3-6-10/h2-3,5-6H,4,7-8H2,1H3. The van der Waals surface area contributed by atoms with Crippen LogP contribution < -0.4 is 0 Å². The molecule has 2 heterocycles. The lowest BCUT2D eigenvalue weighted by molar-refractivity contribution is 0.162. The Bertz CT molecular complexity index is 222. The van der Waals surface area contributed by atoms with Crippen molar-refractivity contribution in [2.75, 3.05) is 13.2 Å². The Morgan fingerprint density at radius 2 is 2.09 bits per heavy atom. The molecule has 1 fully saturated rings. The number of hydrogen-bond acceptors (Lipinski definition) is 1. The second-order valence-electron chi connectivity index (χ2n) is 3.39. The molecule has 2 rings (SSSR count). The molecule has 1 atom stereocenters. The van der Waals surface area contributed by atoms with Crippen molar-refractivity contribution in [3.8, 4) is 0 Å². The Balaban J connectivity index is 2.27. The molecule has 1 aliphatic rings. The molecule has 60 valence electrons. The summed E-state index contributed by atoms with van der Waals surface area (Å²) in [6, 6.07) is 4.12. The third-order valence-electron chi connectivity index (χ3n) is 2.43. The molecule has 2 nitrogen and oxygen atoms in total. The van der Waals surface area contributed by atoms with Crippen LogP contribution in [0.15, 0.2) is 24.5 Å². The quantitative estimate of drug-likeness (QED) is 0.595. The molecule has 0 spiro atoms. The van der Waals surface area contributed by atoms with Gasteiger partial charge in [-0.25, -0.2) is 0 Å². The highest BCUT2D eigenvalue weighted by molar-refractivity contribution is 4.98. The molecule has 0 radical (unpaired) electrons. The average Bonchev–Trinajstić information content (AvgIpc) is 2.55. The fourth-order valence-electron chi connectivity index (χ4n) is 1.55. The van der Waals surface area contributed by atoms with Gasteiger partial charge in [0.2, 0.25) is 0 Å². The van der Waals surface area contributed by atoms with Gasteiger partial charge in [-0.3, -0.25) is 0 Å². The van der Waals surface area contributed by atoms with Gasteiger partial charge in [-0.15, -0.1) is 0 Å². The monoisotopic (exact) mass is 151 g/mol. The van der Waals surface area contributed by atoms with Crippen LogP contribution in [0.1, 0.15) is 13.3 Å². The molecule has 0 saturated carbocycles. The minimum Gasteiger partial charge on any atom is -0.379 e. The molecule has 1 unspecified atom stereocenters. The van der Waals surface area contributed by atoms with E-state index in [0.29, 0.717) is 0 Å². The van der Waals surface area contributed by atoms with Gasteiger partial charge < -0.3 is 9.30 Å². The molecule has 2 heteroatoms. The zero-order valence-electron chi connectivity index (χ0n) is 6.79. The van der Waals surface area contributed by atoms with Crippen LogP contribution in [-0.2, 0) is 10.3 Å². The molecule has 0 aromatic carbocycles. The third kappa shape index (κ3) is 1.07. The summed E-state index contributed by atoms with van der Waals surface area (Å²) in [4.78, 5) is 0. The highest BCUT2D eigenvalue weighted by atomic mass is 16.5. The average molecular weight is 151 g/mol. The Morgan fingerprint density at radius 1 is 1.36 bits per heavy atom. The molecule has 1 aromatic heterocycles. The first-order valence-corrected chi connectivity index (χ1v) is 4.02. The van der Waals surface area contributed by atoms with Gasteiger partial charge in [-0.2, -0.15) is 0 Å². The van der Waals surface area contributed by atoms with Crippen molar-refractivity contribution in [3.05, 3.63) is 24.5 Å². The van der Waals surface area contributed by atoms with Crippen molar-refractivity contribution >= 4 is 0 Å². The van der Waals surface area contributed by atoms with Crippen molar-refractivity contribution in [2.24, 2.45) is 0 Å². The first-order chi connectivity index (χ1) is 5.31. The highest BCUT2D eigenvalue weighted by Crippen LogP contribution is 2.26. The minimum absolute atomic E-state index is 0.212. The first-order valence-electron chi connectivity index (χ1n) is 4.02. The molecule has 1 aliphatic heterocycles. The molecular formula is C9H13NO. The number of ether oxygens (including phenoxy) is 1. The summed E-state index contributed by atoms with van der Waals surface area (Å²) in [5, 5.41) is 0. The van der Waals surface area contributed by atoms with E-state index >= 15 is 0 Å². The Kier molecular flexibility index (Phi) is 1.50. The molecule has 11 heavy (non-hydrogen) atoms. The van der Waals surface area contributed by atoms with Crippen molar-refractivity contribution in [1.82, 2.24) is 4.57 Å². The Hall–Kier alpha value is -0.760. The molecule has 0 N–H and O–H groups in total. The molecule has 0 bridgehead atoms. The SMILES string of the molecule is CC1(n2cccc2)CCOC1. The zero-order valence-corrected chi connectivity index (χ0v) is 6.79. The highest BCUT2D eigenvalue weighted by Gasteiger charge is 2.30. The van der Waals surface area contributed by atoms with Gasteiger partial charge in [-0.1, -0.05) is 0 Å². The molecular weight excluding hydrogens is 138 g/mol. The van der Waals surface area contributed by atoms with Gasteiger partial charge in [-0.05, 0) is 25.5 Å². The fraction of sp³-hybridized carbons (Fsp3) is 0.556. The summed E-state index contributed by atoms with van der Waals surface area (Å²) in [6.45, 7) is 3.98. The number of hydrogen-bond donors (Lipinski definition) is 0. The van der Waals surface area contributed by atoms with Crippen LogP contribution in [0.5, 0.6) is 0 Å².